The molecule has 1 aromatic carbocycles. The van der Waals surface area contributed by atoms with Crippen molar-refractivity contribution in [3.8, 4) is 0 Å². The molecule has 0 aliphatic rings. The van der Waals surface area contributed by atoms with Crippen LogP contribution in [0.1, 0.15) is 22.5 Å². The van der Waals surface area contributed by atoms with Crippen LogP contribution in [-0.2, 0) is 4.79 Å². The Morgan fingerprint density at radius 2 is 2.00 bits per heavy atom. The second-order valence-corrected chi connectivity index (χ2v) is 3.84. The third kappa shape index (κ3) is 2.57. The Bertz CT molecular complexity index is 639. The molecule has 0 aliphatic heterocycles. The van der Waals surface area contributed by atoms with Crippen LogP contribution in [0.4, 0.5) is 0 Å². The summed E-state index contributed by atoms with van der Waals surface area (Å²) in [5, 5.41) is 18.1. The number of hydrogen-bond donors (Lipinski definition) is 3. The van der Waals surface area contributed by atoms with Gasteiger partial charge in [-0.15, -0.1) is 0 Å². The van der Waals surface area contributed by atoms with Crippen LogP contribution >= 0.6 is 0 Å². The number of aliphatic carboxylic acids is 1. The molecule has 0 saturated heterocycles. The first-order valence-electron chi connectivity index (χ1n) is 5.30. The van der Waals surface area contributed by atoms with Crippen molar-refractivity contribution < 1.29 is 19.8 Å². The predicted octanol–water partition coefficient (Wildman–Crippen LogP) is 2.35. The number of aromatic amines is 1. The summed E-state index contributed by atoms with van der Waals surface area (Å²) in [7, 11) is 0. The molecule has 0 bridgehead atoms. The van der Waals surface area contributed by atoms with Gasteiger partial charge in [-0.3, -0.25) is 4.79 Å². The molecule has 0 unspecified atom stereocenters. The Balaban J connectivity index is 2.29. The van der Waals surface area contributed by atoms with Gasteiger partial charge in [-0.2, -0.15) is 0 Å². The number of benzene rings is 1. The van der Waals surface area contributed by atoms with Gasteiger partial charge in [-0.05, 0) is 23.8 Å². The topological polar surface area (TPSA) is 90.4 Å². The van der Waals surface area contributed by atoms with E-state index in [0.717, 1.165) is 16.5 Å². The minimum absolute atomic E-state index is 0.0362. The standard InChI is InChI=1S/C13H11NO4/c15-12(16)3-1-2-8-4-5-10-9(6-8)7-11(14-10)13(17)18/h1-2,4-7,14H,3H2,(H,15,16)(H,17,18). The van der Waals surface area contributed by atoms with E-state index in [9.17, 15) is 9.59 Å². The minimum Gasteiger partial charge on any atom is -0.481 e. The van der Waals surface area contributed by atoms with E-state index >= 15 is 0 Å². The zero-order chi connectivity index (χ0) is 13.1. The fraction of sp³-hybridized carbons (Fsp3) is 0.0769. The van der Waals surface area contributed by atoms with Crippen molar-refractivity contribution in [1.29, 1.82) is 0 Å². The largest absolute Gasteiger partial charge is 0.481 e. The summed E-state index contributed by atoms with van der Waals surface area (Å²) in [4.78, 5) is 23.9. The van der Waals surface area contributed by atoms with Crippen molar-refractivity contribution in [3.05, 3.63) is 41.6 Å². The second kappa shape index (κ2) is 4.75. The second-order valence-electron chi connectivity index (χ2n) is 3.84. The van der Waals surface area contributed by atoms with Crippen molar-refractivity contribution in [1.82, 2.24) is 4.98 Å². The first-order valence-corrected chi connectivity index (χ1v) is 5.30. The van der Waals surface area contributed by atoms with E-state index in [2.05, 4.69) is 4.98 Å². The molecule has 5 nitrogen and oxygen atoms in total. The van der Waals surface area contributed by atoms with Crippen LogP contribution in [0.5, 0.6) is 0 Å². The zero-order valence-corrected chi connectivity index (χ0v) is 9.38. The molecule has 0 radical (unpaired) electrons. The minimum atomic E-state index is -1.01. The van der Waals surface area contributed by atoms with Gasteiger partial charge < -0.3 is 15.2 Å². The molecule has 2 rings (SSSR count). The molecule has 2 aromatic rings. The van der Waals surface area contributed by atoms with Crippen molar-refractivity contribution in [2.24, 2.45) is 0 Å². The molecular weight excluding hydrogens is 234 g/mol. The maximum Gasteiger partial charge on any atom is 0.352 e. The monoisotopic (exact) mass is 245 g/mol. The molecule has 1 heterocycles. The van der Waals surface area contributed by atoms with E-state index in [1.165, 1.54) is 0 Å². The SMILES string of the molecule is O=C(O)CC=Cc1ccc2[nH]c(C(=O)O)cc2c1. The summed E-state index contributed by atoms with van der Waals surface area (Å²) < 4.78 is 0. The van der Waals surface area contributed by atoms with E-state index in [1.807, 2.05) is 0 Å². The van der Waals surface area contributed by atoms with Crippen LogP contribution in [0, 0.1) is 0 Å². The fourth-order valence-electron chi connectivity index (χ4n) is 1.67. The van der Waals surface area contributed by atoms with Gasteiger partial charge in [0.05, 0.1) is 6.42 Å². The highest BCUT2D eigenvalue weighted by atomic mass is 16.4. The summed E-state index contributed by atoms with van der Waals surface area (Å²) in [6.07, 6.45) is 3.21. The summed E-state index contributed by atoms with van der Waals surface area (Å²) in [6, 6.07) is 6.91. The van der Waals surface area contributed by atoms with E-state index in [4.69, 9.17) is 10.2 Å². The van der Waals surface area contributed by atoms with E-state index in [-0.39, 0.29) is 12.1 Å². The molecule has 0 amide bonds. The quantitative estimate of drug-likeness (QED) is 0.771. The molecule has 18 heavy (non-hydrogen) atoms. The van der Waals surface area contributed by atoms with Gasteiger partial charge in [0.15, 0.2) is 0 Å². The lowest BCUT2D eigenvalue weighted by Gasteiger charge is -1.93. The van der Waals surface area contributed by atoms with Crippen molar-refractivity contribution >= 4 is 28.9 Å². The van der Waals surface area contributed by atoms with Crippen LogP contribution in [0.25, 0.3) is 17.0 Å². The molecule has 0 aliphatic carbocycles. The van der Waals surface area contributed by atoms with E-state index in [0.29, 0.717) is 0 Å². The van der Waals surface area contributed by atoms with Crippen LogP contribution in [0.3, 0.4) is 0 Å². The number of aromatic carboxylic acids is 1. The first kappa shape index (κ1) is 11.9. The highest BCUT2D eigenvalue weighted by Gasteiger charge is 2.06. The van der Waals surface area contributed by atoms with Gasteiger partial charge in [0.2, 0.25) is 0 Å². The molecule has 0 saturated carbocycles. The highest BCUT2D eigenvalue weighted by molar-refractivity contribution is 5.94. The van der Waals surface area contributed by atoms with Crippen LogP contribution < -0.4 is 0 Å². The van der Waals surface area contributed by atoms with Crippen LogP contribution in [0.15, 0.2) is 30.3 Å². The van der Waals surface area contributed by atoms with Gasteiger partial charge in [0.1, 0.15) is 5.69 Å². The Kier molecular flexibility index (Phi) is 3.14. The van der Waals surface area contributed by atoms with Gasteiger partial charge in [-0.25, -0.2) is 4.79 Å². The summed E-state index contributed by atoms with van der Waals surface area (Å²) >= 11 is 0. The molecule has 0 atom stereocenters. The number of carboxylic acids is 2. The zero-order valence-electron chi connectivity index (χ0n) is 9.38. The Labute approximate surface area is 102 Å². The highest BCUT2D eigenvalue weighted by Crippen LogP contribution is 2.18. The lowest BCUT2D eigenvalue weighted by Crippen LogP contribution is -1.94. The molecule has 0 fully saturated rings. The van der Waals surface area contributed by atoms with Crippen LogP contribution in [-0.4, -0.2) is 27.1 Å². The van der Waals surface area contributed by atoms with Gasteiger partial charge in [-0.1, -0.05) is 18.2 Å². The number of hydrogen-bond acceptors (Lipinski definition) is 2. The Hall–Kier alpha value is -2.56. The normalized spacial score (nSPS) is 11.1. The van der Waals surface area contributed by atoms with Crippen molar-refractivity contribution in [3.63, 3.8) is 0 Å². The molecule has 5 heteroatoms. The summed E-state index contributed by atoms with van der Waals surface area (Å²) in [6.45, 7) is 0. The lowest BCUT2D eigenvalue weighted by molar-refractivity contribution is -0.135. The third-order valence-corrected chi connectivity index (χ3v) is 2.48. The average molecular weight is 245 g/mol. The number of fused-ring (bicyclic) bond motifs is 1. The number of H-pyrrole nitrogens is 1. The molecule has 3 N–H and O–H groups in total. The number of nitrogens with one attached hydrogen (secondary N) is 1. The fourth-order valence-corrected chi connectivity index (χ4v) is 1.67. The van der Waals surface area contributed by atoms with E-state index in [1.54, 1.807) is 36.4 Å². The number of carboxylic acid groups (broad SMARTS) is 2. The molecular formula is C13H11NO4. The van der Waals surface area contributed by atoms with Gasteiger partial charge in [0, 0.05) is 10.9 Å². The van der Waals surface area contributed by atoms with Gasteiger partial charge in [0.25, 0.3) is 0 Å². The molecule has 1 aromatic heterocycles. The lowest BCUT2D eigenvalue weighted by atomic mass is 10.1. The van der Waals surface area contributed by atoms with Crippen molar-refractivity contribution in [2.75, 3.05) is 0 Å². The Morgan fingerprint density at radius 3 is 2.67 bits per heavy atom. The predicted molar refractivity (Wildman–Crippen MR) is 66.5 cm³/mol. The van der Waals surface area contributed by atoms with Crippen LogP contribution in [0.2, 0.25) is 0 Å². The molecule has 92 valence electrons. The van der Waals surface area contributed by atoms with Crippen molar-refractivity contribution in [2.45, 2.75) is 6.42 Å². The third-order valence-electron chi connectivity index (χ3n) is 2.48. The Morgan fingerprint density at radius 1 is 1.22 bits per heavy atom. The smallest absolute Gasteiger partial charge is 0.352 e. The maximum atomic E-state index is 10.8. The number of rotatable bonds is 4. The first-order chi connectivity index (χ1) is 8.56. The molecule has 0 spiro atoms. The average Bonchev–Trinajstić information content (AvgIpc) is 2.71. The summed E-state index contributed by atoms with van der Waals surface area (Å²) in [5.74, 6) is -1.89. The number of aromatic nitrogens is 1. The number of carbonyl (C=O) groups is 2. The van der Waals surface area contributed by atoms with Gasteiger partial charge >= 0.3 is 11.9 Å². The maximum absolute atomic E-state index is 10.8. The van der Waals surface area contributed by atoms with E-state index < -0.39 is 11.9 Å². The summed E-state index contributed by atoms with van der Waals surface area (Å²) in [5.41, 5.74) is 1.71.